The molecule has 1 saturated heterocycles. The molecule has 1 aromatic heterocycles. The van der Waals surface area contributed by atoms with Crippen molar-refractivity contribution in [2.45, 2.75) is 37.2 Å². The fourth-order valence-electron chi connectivity index (χ4n) is 3.66. The molecule has 0 saturated carbocycles. The summed E-state index contributed by atoms with van der Waals surface area (Å²) in [5, 5.41) is 2.12. The molecule has 2 N–H and O–H groups in total. The van der Waals surface area contributed by atoms with Crippen LogP contribution in [-0.4, -0.2) is 46.7 Å². The first kappa shape index (κ1) is 26.5. The summed E-state index contributed by atoms with van der Waals surface area (Å²) in [6.45, 7) is -3.77. The minimum Gasteiger partial charge on any atom is -0.429 e. The average molecular weight is 528 g/mol. The standard InChI is InChI=1S/C20H19F7N4O3S/c1-19(20(25,26)27)8-13(17(32)30-10-5-6-29-14(7-10)35(2,28)33)31(9-19)12-4-3-11(21)15(22)16(12)34-18(23)24/h3-7,13,18,28H,8-9H2,1-2H3,(H,29,30,32)/t13-,19+,35-/m1/s1. The lowest BCUT2D eigenvalue weighted by Gasteiger charge is -2.29. The number of carbonyl (C=O) groups is 1. The van der Waals surface area contributed by atoms with Crippen molar-refractivity contribution in [2.75, 3.05) is 23.0 Å². The van der Waals surface area contributed by atoms with Gasteiger partial charge in [-0.1, -0.05) is 0 Å². The number of benzene rings is 1. The van der Waals surface area contributed by atoms with Crippen LogP contribution < -0.4 is 15.0 Å². The summed E-state index contributed by atoms with van der Waals surface area (Å²) >= 11 is 0. The van der Waals surface area contributed by atoms with Crippen LogP contribution in [0.3, 0.4) is 0 Å². The number of rotatable bonds is 6. The number of nitrogens with zero attached hydrogens (tertiary/aromatic N) is 2. The summed E-state index contributed by atoms with van der Waals surface area (Å²) < 4.78 is 119. The predicted molar refractivity (Wildman–Crippen MR) is 111 cm³/mol. The van der Waals surface area contributed by atoms with E-state index < -0.39 is 75.9 Å². The maximum Gasteiger partial charge on any atom is 0.396 e. The van der Waals surface area contributed by atoms with Crippen LogP contribution in [0.25, 0.3) is 0 Å². The molecule has 2 heterocycles. The number of anilines is 2. The first-order valence-electron chi connectivity index (χ1n) is 9.80. The molecule has 0 aliphatic carbocycles. The fourth-order valence-corrected chi connectivity index (χ4v) is 4.27. The van der Waals surface area contributed by atoms with E-state index in [1.165, 1.54) is 6.07 Å². The molecule has 1 aliphatic heterocycles. The molecule has 3 rings (SSSR count). The fraction of sp³-hybridized carbons (Fsp3) is 0.400. The van der Waals surface area contributed by atoms with Gasteiger partial charge in [-0.2, -0.15) is 26.3 Å². The zero-order valence-corrected chi connectivity index (χ0v) is 18.9. The zero-order chi connectivity index (χ0) is 26.3. The van der Waals surface area contributed by atoms with E-state index in [2.05, 4.69) is 15.0 Å². The van der Waals surface area contributed by atoms with Gasteiger partial charge in [0.15, 0.2) is 11.6 Å². The lowest BCUT2D eigenvalue weighted by atomic mass is 9.87. The van der Waals surface area contributed by atoms with Gasteiger partial charge in [-0.25, -0.2) is 18.4 Å². The molecule has 0 bridgehead atoms. The zero-order valence-electron chi connectivity index (χ0n) is 18.1. The lowest BCUT2D eigenvalue weighted by molar-refractivity contribution is -0.210. The Morgan fingerprint density at radius 2 is 1.97 bits per heavy atom. The molecule has 3 atom stereocenters. The smallest absolute Gasteiger partial charge is 0.396 e. The van der Waals surface area contributed by atoms with Crippen LogP contribution in [0.4, 0.5) is 42.1 Å². The van der Waals surface area contributed by atoms with Gasteiger partial charge in [0.05, 0.1) is 20.8 Å². The number of pyridine rings is 1. The van der Waals surface area contributed by atoms with E-state index in [1.54, 1.807) is 0 Å². The minimum atomic E-state index is -4.84. The van der Waals surface area contributed by atoms with E-state index >= 15 is 0 Å². The number of ether oxygens (including phenoxy) is 1. The van der Waals surface area contributed by atoms with E-state index in [1.807, 2.05) is 0 Å². The number of alkyl halides is 5. The van der Waals surface area contributed by atoms with Gasteiger partial charge in [0.25, 0.3) is 0 Å². The van der Waals surface area contributed by atoms with Crippen LogP contribution in [0, 0.1) is 21.8 Å². The third kappa shape index (κ3) is 5.44. The van der Waals surface area contributed by atoms with Gasteiger partial charge in [-0.3, -0.25) is 4.79 Å². The number of amides is 1. The number of carbonyl (C=O) groups excluding carboxylic acids is 1. The molecule has 0 spiro atoms. The number of nitrogens with one attached hydrogen (secondary N) is 2. The van der Waals surface area contributed by atoms with Crippen LogP contribution >= 0.6 is 0 Å². The van der Waals surface area contributed by atoms with E-state index in [9.17, 15) is 39.7 Å². The third-order valence-electron chi connectivity index (χ3n) is 5.47. The maximum atomic E-state index is 14.3. The van der Waals surface area contributed by atoms with Crippen molar-refractivity contribution in [1.82, 2.24) is 4.98 Å². The van der Waals surface area contributed by atoms with Gasteiger partial charge in [0, 0.05) is 24.7 Å². The van der Waals surface area contributed by atoms with Crippen molar-refractivity contribution in [1.29, 1.82) is 4.78 Å². The van der Waals surface area contributed by atoms with Gasteiger partial charge in [-0.15, -0.1) is 0 Å². The van der Waals surface area contributed by atoms with E-state index in [0.29, 0.717) is 6.07 Å². The molecular weight excluding hydrogens is 509 g/mol. The Labute approximate surface area is 195 Å². The Morgan fingerprint density at radius 1 is 1.31 bits per heavy atom. The Kier molecular flexibility index (Phi) is 6.94. The van der Waals surface area contributed by atoms with Crippen LogP contribution in [-0.2, 0) is 14.5 Å². The molecule has 1 fully saturated rings. The molecule has 0 radical (unpaired) electrons. The Bertz CT molecular complexity index is 1240. The largest absolute Gasteiger partial charge is 0.429 e. The van der Waals surface area contributed by atoms with Gasteiger partial charge in [-0.05, 0) is 37.6 Å². The van der Waals surface area contributed by atoms with Crippen molar-refractivity contribution >= 4 is 27.0 Å². The van der Waals surface area contributed by atoms with E-state index in [4.69, 9.17) is 4.78 Å². The molecule has 0 unspecified atom stereocenters. The van der Waals surface area contributed by atoms with Crippen molar-refractivity contribution in [3.63, 3.8) is 0 Å². The summed E-state index contributed by atoms with van der Waals surface area (Å²) in [4.78, 5) is 17.5. The summed E-state index contributed by atoms with van der Waals surface area (Å²) in [7, 11) is -3.28. The monoisotopic (exact) mass is 528 g/mol. The lowest BCUT2D eigenvalue weighted by Crippen LogP contribution is -2.40. The Morgan fingerprint density at radius 3 is 2.54 bits per heavy atom. The normalized spacial score (nSPS) is 22.2. The average Bonchev–Trinajstić information content (AvgIpc) is 3.10. The molecule has 1 amide bonds. The molecular formula is C20H19F7N4O3S. The highest BCUT2D eigenvalue weighted by Crippen LogP contribution is 2.50. The summed E-state index contributed by atoms with van der Waals surface area (Å²) in [6.07, 6.45) is -3.50. The van der Waals surface area contributed by atoms with E-state index in [0.717, 1.165) is 36.4 Å². The number of halogens is 7. The Balaban J connectivity index is 2.05. The summed E-state index contributed by atoms with van der Waals surface area (Å²) in [5.74, 6) is -5.81. The number of hydrogen-bond donors (Lipinski definition) is 2. The third-order valence-corrected chi connectivity index (χ3v) is 6.49. The summed E-state index contributed by atoms with van der Waals surface area (Å²) in [6, 6.07) is 1.92. The number of aromatic nitrogens is 1. The SMILES string of the molecule is C[C@]1(C(F)(F)F)C[C@H](C(=O)Nc2ccnc([S@](C)(=N)=O)c2)N(c2ccc(F)c(F)c2OC(F)F)C1. The quantitative estimate of drug-likeness (QED) is 0.527. The predicted octanol–water partition coefficient (Wildman–Crippen LogP) is 4.78. The summed E-state index contributed by atoms with van der Waals surface area (Å²) in [5.41, 5.74) is -3.24. The van der Waals surface area contributed by atoms with Crippen LogP contribution in [0.5, 0.6) is 5.75 Å². The minimum absolute atomic E-state index is 0.0447. The van der Waals surface area contributed by atoms with Gasteiger partial charge >= 0.3 is 12.8 Å². The topological polar surface area (TPSA) is 95.4 Å². The highest BCUT2D eigenvalue weighted by atomic mass is 32.2. The second-order valence-electron chi connectivity index (χ2n) is 8.21. The maximum absolute atomic E-state index is 14.3. The van der Waals surface area contributed by atoms with Crippen LogP contribution in [0.1, 0.15) is 13.3 Å². The second kappa shape index (κ2) is 9.17. The first-order valence-corrected chi connectivity index (χ1v) is 11.8. The highest BCUT2D eigenvalue weighted by molar-refractivity contribution is 7.91. The van der Waals surface area contributed by atoms with Gasteiger partial charge in [0.2, 0.25) is 11.7 Å². The molecule has 192 valence electrons. The van der Waals surface area contributed by atoms with Crippen LogP contribution in [0.15, 0.2) is 35.5 Å². The van der Waals surface area contributed by atoms with Crippen molar-refractivity contribution in [3.8, 4) is 5.75 Å². The van der Waals surface area contributed by atoms with Crippen molar-refractivity contribution in [2.24, 2.45) is 5.41 Å². The van der Waals surface area contributed by atoms with Gasteiger partial charge < -0.3 is 15.0 Å². The number of hydrogen-bond acceptors (Lipinski definition) is 6. The Hall–Kier alpha value is -3.10. The molecule has 7 nitrogen and oxygen atoms in total. The molecule has 35 heavy (non-hydrogen) atoms. The highest BCUT2D eigenvalue weighted by Gasteiger charge is 2.59. The molecule has 1 aromatic carbocycles. The van der Waals surface area contributed by atoms with Gasteiger partial charge in [0.1, 0.15) is 11.1 Å². The van der Waals surface area contributed by atoms with Crippen LogP contribution in [0.2, 0.25) is 0 Å². The molecule has 1 aliphatic rings. The van der Waals surface area contributed by atoms with E-state index in [-0.39, 0.29) is 10.7 Å². The first-order chi connectivity index (χ1) is 16.0. The van der Waals surface area contributed by atoms with Crippen molar-refractivity contribution in [3.05, 3.63) is 42.1 Å². The van der Waals surface area contributed by atoms with Crippen molar-refractivity contribution < 1.29 is 44.5 Å². The second-order valence-corrected chi connectivity index (χ2v) is 10.3. The molecule has 2 aromatic rings. The molecule has 15 heteroatoms.